The lowest BCUT2D eigenvalue weighted by atomic mass is 10.1. The Hall–Kier alpha value is -2.43. The number of ether oxygens (including phenoxy) is 1. The Morgan fingerprint density at radius 1 is 1.28 bits per heavy atom. The molecule has 0 spiro atoms. The van der Waals surface area contributed by atoms with Gasteiger partial charge in [-0.25, -0.2) is 4.79 Å². The van der Waals surface area contributed by atoms with Gasteiger partial charge >= 0.3 is 6.09 Å². The van der Waals surface area contributed by atoms with Crippen molar-refractivity contribution in [3.63, 3.8) is 0 Å². The number of hydrogen-bond donors (Lipinski definition) is 1. The number of benzene rings is 1. The van der Waals surface area contributed by atoms with E-state index in [0.29, 0.717) is 6.54 Å². The van der Waals surface area contributed by atoms with Crippen LogP contribution in [0.4, 0.5) is 10.5 Å². The number of anilines is 1. The van der Waals surface area contributed by atoms with Gasteiger partial charge in [-0.2, -0.15) is 0 Å². The molecular formula is C20H28N2O3. The van der Waals surface area contributed by atoms with Crippen molar-refractivity contribution >= 4 is 11.8 Å². The number of amides is 1. The second-order valence-electron chi connectivity index (χ2n) is 7.35. The van der Waals surface area contributed by atoms with Gasteiger partial charge in [-0.05, 0) is 64.4 Å². The summed E-state index contributed by atoms with van der Waals surface area (Å²) in [6, 6.07) is 12.0. The van der Waals surface area contributed by atoms with Crippen LogP contribution in [0.2, 0.25) is 0 Å². The lowest BCUT2D eigenvalue weighted by Gasteiger charge is -2.25. The van der Waals surface area contributed by atoms with Gasteiger partial charge in [-0.15, -0.1) is 0 Å². The molecule has 0 saturated carbocycles. The van der Waals surface area contributed by atoms with Gasteiger partial charge in [0.15, 0.2) is 0 Å². The Labute approximate surface area is 150 Å². The van der Waals surface area contributed by atoms with Gasteiger partial charge in [0.05, 0.1) is 6.04 Å². The van der Waals surface area contributed by atoms with Crippen molar-refractivity contribution in [2.45, 2.75) is 52.8 Å². The van der Waals surface area contributed by atoms with Crippen LogP contribution in [0.15, 0.2) is 40.8 Å². The fourth-order valence-corrected chi connectivity index (χ4v) is 2.45. The number of hydrogen-bond acceptors (Lipinski definition) is 4. The lowest BCUT2D eigenvalue weighted by molar-refractivity contribution is 0.0285. The van der Waals surface area contributed by atoms with Gasteiger partial charge in [-0.3, -0.25) is 0 Å². The van der Waals surface area contributed by atoms with Gasteiger partial charge in [0.1, 0.15) is 17.1 Å². The predicted molar refractivity (Wildman–Crippen MR) is 99.6 cm³/mol. The minimum Gasteiger partial charge on any atom is -0.464 e. The van der Waals surface area contributed by atoms with Gasteiger partial charge in [0.2, 0.25) is 0 Å². The van der Waals surface area contributed by atoms with Crippen LogP contribution in [0.1, 0.15) is 50.8 Å². The topological polar surface area (TPSA) is 54.7 Å². The molecule has 1 N–H and O–H groups in total. The van der Waals surface area contributed by atoms with Crippen LogP contribution in [0, 0.1) is 6.92 Å². The first-order chi connectivity index (χ1) is 11.6. The molecule has 0 radical (unpaired) electrons. The van der Waals surface area contributed by atoms with Crippen LogP contribution >= 0.6 is 0 Å². The minimum absolute atomic E-state index is 0.0625. The van der Waals surface area contributed by atoms with Crippen molar-refractivity contribution < 1.29 is 13.9 Å². The molecule has 5 nitrogen and oxygen atoms in total. The highest BCUT2D eigenvalue weighted by Crippen LogP contribution is 2.22. The molecule has 0 bridgehead atoms. The zero-order valence-corrected chi connectivity index (χ0v) is 15.9. The van der Waals surface area contributed by atoms with Gasteiger partial charge < -0.3 is 19.4 Å². The SMILES string of the molecule is Cc1ccc(C(C)Nc2cccc(CN(C)C(=O)OC(C)(C)C)c2)o1. The third-order valence-corrected chi connectivity index (χ3v) is 3.62. The minimum atomic E-state index is -0.495. The first kappa shape index (κ1) is 18.9. The molecule has 136 valence electrons. The number of furan rings is 1. The molecule has 1 aromatic heterocycles. The van der Waals surface area contributed by atoms with E-state index < -0.39 is 5.60 Å². The van der Waals surface area contributed by atoms with Crippen molar-refractivity contribution in [1.82, 2.24) is 4.90 Å². The van der Waals surface area contributed by atoms with Crippen LogP contribution in [0.3, 0.4) is 0 Å². The zero-order chi connectivity index (χ0) is 18.6. The Morgan fingerprint density at radius 3 is 2.60 bits per heavy atom. The van der Waals surface area contributed by atoms with E-state index in [9.17, 15) is 4.79 Å². The highest BCUT2D eigenvalue weighted by atomic mass is 16.6. The molecule has 1 amide bonds. The van der Waals surface area contributed by atoms with E-state index >= 15 is 0 Å². The smallest absolute Gasteiger partial charge is 0.410 e. The van der Waals surface area contributed by atoms with Crippen LogP contribution < -0.4 is 5.32 Å². The first-order valence-electron chi connectivity index (χ1n) is 8.50. The number of carbonyl (C=O) groups is 1. The van der Waals surface area contributed by atoms with Crippen molar-refractivity contribution in [2.75, 3.05) is 12.4 Å². The Morgan fingerprint density at radius 2 is 2.00 bits per heavy atom. The number of aryl methyl sites for hydroxylation is 1. The zero-order valence-electron chi connectivity index (χ0n) is 15.9. The molecule has 0 aliphatic carbocycles. The fraction of sp³-hybridized carbons (Fsp3) is 0.450. The van der Waals surface area contributed by atoms with E-state index in [1.54, 1.807) is 11.9 Å². The van der Waals surface area contributed by atoms with Gasteiger partial charge in [0, 0.05) is 19.3 Å². The Bertz CT molecular complexity index is 716. The van der Waals surface area contributed by atoms with E-state index in [1.165, 1.54) is 0 Å². The van der Waals surface area contributed by atoms with Crippen LogP contribution in [0.5, 0.6) is 0 Å². The summed E-state index contributed by atoms with van der Waals surface area (Å²) in [7, 11) is 1.74. The summed E-state index contributed by atoms with van der Waals surface area (Å²) in [5.41, 5.74) is 1.52. The highest BCUT2D eigenvalue weighted by Gasteiger charge is 2.19. The Kier molecular flexibility index (Phi) is 5.77. The molecule has 1 heterocycles. The quantitative estimate of drug-likeness (QED) is 0.817. The van der Waals surface area contributed by atoms with E-state index in [0.717, 1.165) is 22.8 Å². The standard InChI is InChI=1S/C20H28N2O3/c1-14-10-11-18(24-14)15(2)21-17-9-7-8-16(12-17)13-22(6)19(23)25-20(3,4)5/h7-12,15,21H,13H2,1-6H3. The van der Waals surface area contributed by atoms with Crippen molar-refractivity contribution in [3.8, 4) is 0 Å². The maximum Gasteiger partial charge on any atom is 0.410 e. The molecule has 1 aromatic carbocycles. The summed E-state index contributed by atoms with van der Waals surface area (Å²) in [6.07, 6.45) is -0.328. The number of nitrogens with zero attached hydrogens (tertiary/aromatic N) is 1. The molecule has 2 aromatic rings. The number of carbonyl (C=O) groups excluding carboxylic acids is 1. The second-order valence-corrected chi connectivity index (χ2v) is 7.35. The molecule has 5 heteroatoms. The van der Waals surface area contributed by atoms with E-state index in [2.05, 4.69) is 12.2 Å². The normalized spacial score (nSPS) is 12.6. The molecule has 0 saturated heterocycles. The molecule has 25 heavy (non-hydrogen) atoms. The summed E-state index contributed by atoms with van der Waals surface area (Å²) in [5, 5.41) is 3.42. The maximum absolute atomic E-state index is 12.1. The van der Waals surface area contributed by atoms with Crippen molar-refractivity contribution in [2.24, 2.45) is 0 Å². The van der Waals surface area contributed by atoms with Crippen molar-refractivity contribution in [3.05, 3.63) is 53.5 Å². The summed E-state index contributed by atoms with van der Waals surface area (Å²) < 4.78 is 11.0. The summed E-state index contributed by atoms with van der Waals surface area (Å²) in [4.78, 5) is 13.7. The van der Waals surface area contributed by atoms with Gasteiger partial charge in [-0.1, -0.05) is 12.1 Å². The largest absolute Gasteiger partial charge is 0.464 e. The maximum atomic E-state index is 12.1. The predicted octanol–water partition coefficient (Wildman–Crippen LogP) is 5.13. The molecule has 0 aliphatic rings. The second kappa shape index (κ2) is 7.64. The summed E-state index contributed by atoms with van der Waals surface area (Å²) in [5.74, 6) is 1.80. The van der Waals surface area contributed by atoms with E-state index in [-0.39, 0.29) is 12.1 Å². The van der Waals surface area contributed by atoms with Crippen LogP contribution in [-0.4, -0.2) is 23.6 Å². The molecule has 0 fully saturated rings. The molecular weight excluding hydrogens is 316 g/mol. The Balaban J connectivity index is 1.99. The average molecular weight is 344 g/mol. The third-order valence-electron chi connectivity index (χ3n) is 3.62. The molecule has 1 atom stereocenters. The first-order valence-corrected chi connectivity index (χ1v) is 8.50. The van der Waals surface area contributed by atoms with E-state index in [1.807, 2.05) is 64.1 Å². The number of rotatable bonds is 5. The van der Waals surface area contributed by atoms with Crippen molar-refractivity contribution in [1.29, 1.82) is 0 Å². The molecule has 0 aliphatic heterocycles. The molecule has 2 rings (SSSR count). The summed E-state index contributed by atoms with van der Waals surface area (Å²) >= 11 is 0. The highest BCUT2D eigenvalue weighted by molar-refractivity contribution is 5.67. The monoisotopic (exact) mass is 344 g/mol. The average Bonchev–Trinajstić information content (AvgIpc) is 2.92. The van der Waals surface area contributed by atoms with Gasteiger partial charge in [0.25, 0.3) is 0 Å². The third kappa shape index (κ3) is 5.85. The molecule has 1 unspecified atom stereocenters. The van der Waals surface area contributed by atoms with Crippen LogP contribution in [-0.2, 0) is 11.3 Å². The number of nitrogens with one attached hydrogen (secondary N) is 1. The fourth-order valence-electron chi connectivity index (χ4n) is 2.45. The van der Waals surface area contributed by atoms with E-state index in [4.69, 9.17) is 9.15 Å². The summed E-state index contributed by atoms with van der Waals surface area (Å²) in [6.45, 7) is 10.1. The van der Waals surface area contributed by atoms with Crippen LogP contribution in [0.25, 0.3) is 0 Å². The lowest BCUT2D eigenvalue weighted by Crippen LogP contribution is -2.33.